The second-order valence-corrected chi connectivity index (χ2v) is 7.09. The number of hydrogen-bond donors (Lipinski definition) is 0. The molecule has 11 heteroatoms. The molecule has 0 saturated carbocycles. The minimum absolute atomic E-state index is 0.492. The third-order valence-corrected chi connectivity index (χ3v) is 4.93. The van der Waals surface area contributed by atoms with Gasteiger partial charge in [0.1, 0.15) is 22.9 Å². The van der Waals surface area contributed by atoms with Crippen LogP contribution < -0.4 is 9.47 Å². The van der Waals surface area contributed by atoms with Crippen LogP contribution in [0.5, 0.6) is 11.5 Å². The van der Waals surface area contributed by atoms with Crippen LogP contribution in [0.1, 0.15) is 13.8 Å². The van der Waals surface area contributed by atoms with E-state index in [9.17, 15) is 0 Å². The molecule has 5 aromatic rings. The van der Waals surface area contributed by atoms with Crippen molar-refractivity contribution in [2.75, 3.05) is 13.2 Å². The van der Waals surface area contributed by atoms with Crippen molar-refractivity contribution < 1.29 is 9.47 Å². The van der Waals surface area contributed by atoms with E-state index in [2.05, 4.69) is 31.1 Å². The molecule has 11 nitrogen and oxygen atoms in total. The fourth-order valence-electron chi connectivity index (χ4n) is 3.43. The maximum atomic E-state index is 5.52. The third-order valence-electron chi connectivity index (χ3n) is 4.93. The van der Waals surface area contributed by atoms with E-state index in [1.54, 1.807) is 9.36 Å². The fourth-order valence-corrected chi connectivity index (χ4v) is 3.43. The molecule has 34 heavy (non-hydrogen) atoms. The van der Waals surface area contributed by atoms with E-state index >= 15 is 0 Å². The summed E-state index contributed by atoms with van der Waals surface area (Å²) >= 11 is 0. The maximum Gasteiger partial charge on any atom is 0.205 e. The van der Waals surface area contributed by atoms with Crippen molar-refractivity contribution in [3.8, 4) is 45.9 Å². The first-order chi connectivity index (χ1) is 16.8. The molecule has 0 radical (unpaired) electrons. The summed E-state index contributed by atoms with van der Waals surface area (Å²) in [6, 6.07) is 20.6. The van der Waals surface area contributed by atoms with Crippen LogP contribution in [0.2, 0.25) is 0 Å². The first-order valence-corrected chi connectivity index (χ1v) is 10.8. The summed E-state index contributed by atoms with van der Waals surface area (Å²) in [5.41, 5.74) is 2.74. The maximum absolute atomic E-state index is 5.52. The van der Waals surface area contributed by atoms with Gasteiger partial charge in [-0.1, -0.05) is 6.07 Å². The molecule has 3 heterocycles. The molecule has 0 aliphatic heterocycles. The summed E-state index contributed by atoms with van der Waals surface area (Å²) in [4.78, 5) is 4.75. The smallest absolute Gasteiger partial charge is 0.205 e. The molecule has 0 N–H and O–H groups in total. The topological polar surface area (TPSA) is 119 Å². The Kier molecular flexibility index (Phi) is 5.89. The molecule has 0 aliphatic rings. The van der Waals surface area contributed by atoms with Gasteiger partial charge in [-0.15, -0.1) is 10.2 Å². The lowest BCUT2D eigenvalue weighted by atomic mass is 10.2. The summed E-state index contributed by atoms with van der Waals surface area (Å²) in [5.74, 6) is 2.54. The highest BCUT2D eigenvalue weighted by atomic mass is 16.5. The van der Waals surface area contributed by atoms with E-state index in [1.807, 2.05) is 80.6 Å². The molecule has 0 aliphatic carbocycles. The zero-order valence-electron chi connectivity index (χ0n) is 18.6. The molecular formula is C23H21N9O2. The van der Waals surface area contributed by atoms with E-state index in [4.69, 9.17) is 14.5 Å². The second-order valence-electron chi connectivity index (χ2n) is 7.09. The predicted molar refractivity (Wildman–Crippen MR) is 123 cm³/mol. The Morgan fingerprint density at radius 1 is 0.618 bits per heavy atom. The van der Waals surface area contributed by atoms with Gasteiger partial charge in [0.25, 0.3) is 0 Å². The van der Waals surface area contributed by atoms with Crippen molar-refractivity contribution in [3.63, 3.8) is 0 Å². The van der Waals surface area contributed by atoms with Crippen LogP contribution in [0.4, 0.5) is 0 Å². The molecule has 0 spiro atoms. The van der Waals surface area contributed by atoms with E-state index in [-0.39, 0.29) is 0 Å². The molecule has 0 saturated heterocycles. The molecule has 0 fully saturated rings. The van der Waals surface area contributed by atoms with Crippen LogP contribution >= 0.6 is 0 Å². The van der Waals surface area contributed by atoms with Crippen molar-refractivity contribution >= 4 is 0 Å². The molecule has 0 unspecified atom stereocenters. The molecule has 3 aromatic heterocycles. The van der Waals surface area contributed by atoms with Crippen LogP contribution in [-0.4, -0.2) is 58.6 Å². The number of aromatic nitrogens is 9. The number of nitrogens with zero attached hydrogens (tertiary/aromatic N) is 9. The number of tetrazole rings is 2. The number of hydrogen-bond acceptors (Lipinski definition) is 9. The van der Waals surface area contributed by atoms with Gasteiger partial charge >= 0.3 is 0 Å². The molecule has 2 aromatic carbocycles. The van der Waals surface area contributed by atoms with Gasteiger partial charge < -0.3 is 9.47 Å². The van der Waals surface area contributed by atoms with Crippen molar-refractivity contribution in [2.45, 2.75) is 13.8 Å². The van der Waals surface area contributed by atoms with Crippen LogP contribution in [-0.2, 0) is 0 Å². The van der Waals surface area contributed by atoms with E-state index in [0.29, 0.717) is 36.3 Å². The van der Waals surface area contributed by atoms with Crippen molar-refractivity contribution in [1.82, 2.24) is 45.4 Å². The highest BCUT2D eigenvalue weighted by Crippen LogP contribution is 2.24. The molecule has 5 rings (SSSR count). The summed E-state index contributed by atoms with van der Waals surface area (Å²) in [5, 5.41) is 24.3. The average Bonchev–Trinajstić information content (AvgIpc) is 3.56. The largest absolute Gasteiger partial charge is 0.494 e. The van der Waals surface area contributed by atoms with Crippen LogP contribution in [0, 0.1) is 0 Å². The van der Waals surface area contributed by atoms with Crippen molar-refractivity contribution in [3.05, 3.63) is 66.7 Å². The lowest BCUT2D eigenvalue weighted by molar-refractivity contribution is 0.340. The lowest BCUT2D eigenvalue weighted by Crippen LogP contribution is -2.04. The monoisotopic (exact) mass is 455 g/mol. The van der Waals surface area contributed by atoms with Crippen LogP contribution in [0.25, 0.3) is 34.4 Å². The van der Waals surface area contributed by atoms with Gasteiger partial charge in [0.05, 0.1) is 24.6 Å². The minimum Gasteiger partial charge on any atom is -0.494 e. The molecular weight excluding hydrogens is 434 g/mol. The van der Waals surface area contributed by atoms with E-state index in [0.717, 1.165) is 22.9 Å². The Hall–Kier alpha value is -4.67. The third kappa shape index (κ3) is 4.18. The summed E-state index contributed by atoms with van der Waals surface area (Å²) < 4.78 is 14.3. The summed E-state index contributed by atoms with van der Waals surface area (Å²) in [6.07, 6.45) is 0. The Balaban J connectivity index is 1.48. The Morgan fingerprint density at radius 2 is 1.06 bits per heavy atom. The second kappa shape index (κ2) is 9.45. The first kappa shape index (κ1) is 21.2. The Labute approximate surface area is 195 Å². The first-order valence-electron chi connectivity index (χ1n) is 10.8. The molecule has 170 valence electrons. The van der Waals surface area contributed by atoms with Gasteiger partial charge in [0.15, 0.2) is 0 Å². The van der Waals surface area contributed by atoms with Gasteiger partial charge in [-0.3, -0.25) is 0 Å². The lowest BCUT2D eigenvalue weighted by Gasteiger charge is -2.08. The highest BCUT2D eigenvalue weighted by molar-refractivity contribution is 5.60. The fraction of sp³-hybridized carbons (Fsp3) is 0.174. The van der Waals surface area contributed by atoms with Gasteiger partial charge in [-0.05, 0) is 95.4 Å². The normalized spacial score (nSPS) is 10.9. The Bertz CT molecular complexity index is 1280. The predicted octanol–water partition coefficient (Wildman–Crippen LogP) is 3.16. The number of benzene rings is 2. The zero-order chi connectivity index (χ0) is 23.3. The van der Waals surface area contributed by atoms with Gasteiger partial charge in [0, 0.05) is 0 Å². The molecule has 0 amide bonds. The van der Waals surface area contributed by atoms with Crippen molar-refractivity contribution in [2.24, 2.45) is 0 Å². The van der Waals surface area contributed by atoms with E-state index in [1.165, 1.54) is 0 Å². The summed E-state index contributed by atoms with van der Waals surface area (Å²) in [6.45, 7) is 5.08. The van der Waals surface area contributed by atoms with Crippen molar-refractivity contribution in [1.29, 1.82) is 0 Å². The van der Waals surface area contributed by atoms with Crippen LogP contribution in [0.3, 0.4) is 0 Å². The Morgan fingerprint density at radius 3 is 1.47 bits per heavy atom. The van der Waals surface area contributed by atoms with Crippen LogP contribution in [0.15, 0.2) is 66.7 Å². The zero-order valence-corrected chi connectivity index (χ0v) is 18.6. The number of ether oxygens (including phenoxy) is 2. The quantitative estimate of drug-likeness (QED) is 0.347. The SMILES string of the molecule is CCOc1ccc(-n2nnnc2-c2cccc(-c3nnnn3-c3ccc(OCC)cc3)n2)cc1. The van der Waals surface area contributed by atoms with Gasteiger partial charge in [-0.25, -0.2) is 4.98 Å². The minimum atomic E-state index is 0.492. The number of pyridine rings is 1. The standard InChI is InChI=1S/C23H21N9O2/c1-3-33-18-12-8-16(9-13-18)31-22(25-27-29-31)20-6-5-7-21(24-20)23-26-28-30-32(23)17-10-14-19(15-11-17)34-4-2/h5-15H,3-4H2,1-2H3. The summed E-state index contributed by atoms with van der Waals surface area (Å²) in [7, 11) is 0. The van der Waals surface area contributed by atoms with E-state index < -0.39 is 0 Å². The molecule has 0 bridgehead atoms. The van der Waals surface area contributed by atoms with Gasteiger partial charge in [-0.2, -0.15) is 9.36 Å². The average molecular weight is 455 g/mol. The van der Waals surface area contributed by atoms with Gasteiger partial charge in [0.2, 0.25) is 11.6 Å². The molecule has 0 atom stereocenters. The highest BCUT2D eigenvalue weighted by Gasteiger charge is 2.17. The number of rotatable bonds is 8.